The van der Waals surface area contributed by atoms with Crippen molar-refractivity contribution in [3.05, 3.63) is 106 Å². The van der Waals surface area contributed by atoms with Crippen LogP contribution in [0.5, 0.6) is 6.01 Å². The zero-order chi connectivity index (χ0) is 40.5. The van der Waals surface area contributed by atoms with E-state index in [4.69, 9.17) is 18.0 Å². The number of benzene rings is 2. The van der Waals surface area contributed by atoms with E-state index in [1.807, 2.05) is 6.07 Å². The minimum absolute atomic E-state index is 0.000714. The van der Waals surface area contributed by atoms with E-state index in [1.54, 1.807) is 26.0 Å². The number of rotatable bonds is 10. The molecule has 280 valence electrons. The predicted octanol–water partition coefficient (Wildman–Crippen LogP) is 5.36. The summed E-state index contributed by atoms with van der Waals surface area (Å²) in [7, 11) is 0. The molecule has 0 spiro atoms. The molecule has 0 atom stereocenters. The Labute approximate surface area is 318 Å². The molecule has 0 aliphatic rings. The number of carboxylic acids is 2. The Kier molecular flexibility index (Phi) is 9.14. The van der Waals surface area contributed by atoms with Crippen LogP contribution >= 0.6 is 0 Å². The van der Waals surface area contributed by atoms with Gasteiger partial charge >= 0.3 is 17.9 Å². The summed E-state index contributed by atoms with van der Waals surface area (Å²) in [6.07, 6.45) is 2.52. The van der Waals surface area contributed by atoms with Crippen molar-refractivity contribution in [2.45, 2.75) is 13.8 Å². The first kappa shape index (κ1) is 36.2. The van der Waals surface area contributed by atoms with Gasteiger partial charge in [0.1, 0.15) is 11.6 Å². The average molecular weight is 765 g/mol. The Balaban J connectivity index is 1.22. The standard InChI is InChI=1S/C34H24N18O5/c1-16-26(43-45-30-20(13-35)14-39-49(30)21-8-4-6-18(10-21)32(53)54)28(36)51(47-16)24-12-25(42-34(57)41-24)52-29(37)27(17(2)48-52)44-46-31-23(38-3)15-40-50(31)22-9-5-7-19(11-22)33(55)56/h4-12,14-15H,36-37H2,1-2H3,(H,53,54)(H,55,56)(H,41,42,57). The molecule has 0 saturated carbocycles. The van der Waals surface area contributed by atoms with Crippen LogP contribution < -0.4 is 11.5 Å². The molecule has 0 saturated heterocycles. The summed E-state index contributed by atoms with van der Waals surface area (Å²) < 4.78 is 4.83. The maximum Gasteiger partial charge on any atom is 0.335 e. The molecule has 0 unspecified atom stereocenters. The average Bonchev–Trinajstić information content (AvgIpc) is 3.95. The molecule has 7 N–H and O–H groups in total. The highest BCUT2D eigenvalue weighted by molar-refractivity contribution is 5.89. The van der Waals surface area contributed by atoms with Gasteiger partial charge in [-0.3, -0.25) is 0 Å². The molecule has 0 fully saturated rings. The van der Waals surface area contributed by atoms with Crippen LogP contribution in [0.3, 0.4) is 0 Å². The molecule has 5 aromatic heterocycles. The molecule has 57 heavy (non-hydrogen) atoms. The highest BCUT2D eigenvalue weighted by Crippen LogP contribution is 2.36. The zero-order valence-corrected chi connectivity index (χ0v) is 29.3. The van der Waals surface area contributed by atoms with Gasteiger partial charge in [0.15, 0.2) is 46.3 Å². The van der Waals surface area contributed by atoms with E-state index < -0.39 is 17.9 Å². The summed E-state index contributed by atoms with van der Waals surface area (Å²) in [4.78, 5) is 34.6. The van der Waals surface area contributed by atoms with E-state index >= 15 is 0 Å². The van der Waals surface area contributed by atoms with Crippen molar-refractivity contribution in [3.8, 4) is 35.1 Å². The zero-order valence-electron chi connectivity index (χ0n) is 29.3. The summed E-state index contributed by atoms with van der Waals surface area (Å²) in [5.74, 6) is -2.51. The Hall–Kier alpha value is -9.12. The number of carbonyl (C=O) groups is 2. The Morgan fingerprint density at radius 3 is 1.74 bits per heavy atom. The largest absolute Gasteiger partial charge is 0.479 e. The molecular weight excluding hydrogens is 740 g/mol. The van der Waals surface area contributed by atoms with Crippen LogP contribution in [0.2, 0.25) is 0 Å². The number of carboxylic acid groups (broad SMARTS) is 2. The van der Waals surface area contributed by atoms with Gasteiger partial charge in [0, 0.05) is 6.07 Å². The maximum atomic E-state index is 11.5. The van der Waals surface area contributed by atoms with Crippen LogP contribution in [0.25, 0.3) is 27.9 Å². The topological polar surface area (TPSA) is 322 Å². The molecule has 7 rings (SSSR count). The van der Waals surface area contributed by atoms with Crippen LogP contribution in [-0.4, -0.2) is 76.3 Å². The van der Waals surface area contributed by atoms with E-state index in [9.17, 15) is 30.2 Å². The lowest BCUT2D eigenvalue weighted by Crippen LogP contribution is -2.09. The second-order valence-electron chi connectivity index (χ2n) is 11.7. The minimum atomic E-state index is -1.15. The van der Waals surface area contributed by atoms with Crippen LogP contribution in [0.15, 0.2) is 87.4 Å². The smallest absolute Gasteiger partial charge is 0.335 e. The van der Waals surface area contributed by atoms with Crippen LogP contribution in [0.1, 0.15) is 37.7 Å². The number of aryl methyl sites for hydroxylation is 2. The number of nitriles is 1. The van der Waals surface area contributed by atoms with Gasteiger partial charge in [0.2, 0.25) is 0 Å². The third kappa shape index (κ3) is 6.68. The van der Waals surface area contributed by atoms with Crippen molar-refractivity contribution < 1.29 is 24.9 Å². The highest BCUT2D eigenvalue weighted by atomic mass is 16.4. The van der Waals surface area contributed by atoms with Crippen molar-refractivity contribution in [1.29, 1.82) is 5.26 Å². The van der Waals surface area contributed by atoms with Crippen LogP contribution in [-0.2, 0) is 0 Å². The first-order valence-corrected chi connectivity index (χ1v) is 16.1. The number of hydrogen-bond donors (Lipinski definition) is 5. The number of azo groups is 2. The SMILES string of the molecule is [C-]#[N+]c1cnn(-c2cccc(C(=O)O)c2)c1N=Nc1c(C)nn(-c2cc(-n3nc(C)c(N=Nc4c(C#N)cnn4-c4cccc(C(=O)O)c4)c3N)nc(O)n2)c1N. The van der Waals surface area contributed by atoms with Gasteiger partial charge in [-0.05, 0) is 50.2 Å². The van der Waals surface area contributed by atoms with Crippen molar-refractivity contribution in [1.82, 2.24) is 49.1 Å². The first-order valence-electron chi connectivity index (χ1n) is 16.1. The van der Waals surface area contributed by atoms with E-state index in [1.165, 1.54) is 64.2 Å². The van der Waals surface area contributed by atoms with Gasteiger partial charge < -0.3 is 26.8 Å². The number of hydrogen-bond acceptors (Lipinski definition) is 16. The van der Waals surface area contributed by atoms with Crippen molar-refractivity contribution in [2.75, 3.05) is 11.5 Å². The maximum absolute atomic E-state index is 11.5. The normalized spacial score (nSPS) is 11.3. The Bertz CT molecular complexity index is 2730. The third-order valence-electron chi connectivity index (χ3n) is 8.12. The van der Waals surface area contributed by atoms with Crippen LogP contribution in [0.4, 0.5) is 40.3 Å². The van der Waals surface area contributed by atoms with Gasteiger partial charge in [-0.1, -0.05) is 12.1 Å². The fraction of sp³-hybridized carbons (Fsp3) is 0.0588. The van der Waals surface area contributed by atoms with E-state index in [-0.39, 0.29) is 80.0 Å². The molecule has 5 heterocycles. The van der Waals surface area contributed by atoms with Gasteiger partial charge in [0.05, 0.1) is 52.9 Å². The number of nitrogens with zero attached hydrogens (tertiary/aromatic N) is 16. The molecular formula is C34H24N18O5. The van der Waals surface area contributed by atoms with E-state index in [0.717, 1.165) is 9.36 Å². The van der Waals surface area contributed by atoms with Gasteiger partial charge in [-0.2, -0.15) is 45.0 Å². The van der Waals surface area contributed by atoms with E-state index in [0.29, 0.717) is 11.4 Å². The van der Waals surface area contributed by atoms with Gasteiger partial charge in [-0.25, -0.2) is 23.8 Å². The number of nitrogens with two attached hydrogens (primary N) is 2. The third-order valence-corrected chi connectivity index (χ3v) is 8.12. The summed E-state index contributed by atoms with van der Waals surface area (Å²) in [5.41, 5.74) is 14.3. The molecule has 23 nitrogen and oxygen atoms in total. The molecule has 0 radical (unpaired) electrons. The van der Waals surface area contributed by atoms with Crippen molar-refractivity contribution >= 4 is 52.3 Å². The number of aromatic nitrogens is 10. The summed E-state index contributed by atoms with van der Waals surface area (Å²) in [5, 5.41) is 73.2. The fourth-order valence-corrected chi connectivity index (χ4v) is 5.43. The fourth-order valence-electron chi connectivity index (χ4n) is 5.43. The second-order valence-corrected chi connectivity index (χ2v) is 11.7. The van der Waals surface area contributed by atoms with E-state index in [2.05, 4.69) is 55.7 Å². The number of aromatic hydroxyl groups is 1. The van der Waals surface area contributed by atoms with Crippen LogP contribution in [0, 0.1) is 31.8 Å². The lowest BCUT2D eigenvalue weighted by molar-refractivity contribution is 0.0686. The molecule has 0 bridgehead atoms. The predicted molar refractivity (Wildman–Crippen MR) is 197 cm³/mol. The summed E-state index contributed by atoms with van der Waals surface area (Å²) in [6.45, 7) is 10.7. The highest BCUT2D eigenvalue weighted by Gasteiger charge is 2.22. The lowest BCUT2D eigenvalue weighted by Gasteiger charge is -2.08. The number of anilines is 2. The number of nitrogen functional groups attached to an aromatic ring is 2. The molecule has 0 aliphatic heterocycles. The molecule has 0 amide bonds. The molecule has 2 aromatic carbocycles. The summed E-state index contributed by atoms with van der Waals surface area (Å²) in [6, 6.07) is 14.4. The molecule has 0 aliphatic carbocycles. The Morgan fingerprint density at radius 1 is 0.754 bits per heavy atom. The quantitative estimate of drug-likeness (QED) is 0.0865. The van der Waals surface area contributed by atoms with Crippen molar-refractivity contribution in [2.24, 2.45) is 20.5 Å². The lowest BCUT2D eigenvalue weighted by atomic mass is 10.2. The summed E-state index contributed by atoms with van der Waals surface area (Å²) >= 11 is 0. The first-order chi connectivity index (χ1) is 27.4. The van der Waals surface area contributed by atoms with Gasteiger partial charge in [0.25, 0.3) is 5.69 Å². The minimum Gasteiger partial charge on any atom is -0.479 e. The monoisotopic (exact) mass is 764 g/mol. The molecule has 7 aromatic rings. The molecule has 23 heteroatoms. The van der Waals surface area contributed by atoms with Crippen molar-refractivity contribution in [3.63, 3.8) is 0 Å². The Morgan fingerprint density at radius 2 is 1.25 bits per heavy atom. The number of aromatic carboxylic acids is 2. The second kappa shape index (κ2) is 14.4. The van der Waals surface area contributed by atoms with Gasteiger partial charge in [-0.15, -0.1) is 20.5 Å².